The predicted molar refractivity (Wildman–Crippen MR) is 82.2 cm³/mol. The van der Waals surface area contributed by atoms with Crippen LogP contribution in [0.1, 0.15) is 45.4 Å². The fourth-order valence-electron chi connectivity index (χ4n) is 3.78. The van der Waals surface area contributed by atoms with Gasteiger partial charge in [0.25, 0.3) is 0 Å². The Labute approximate surface area is 122 Å². The molecule has 1 nitrogen and oxygen atoms in total. The number of hydrogen-bond donors (Lipinski definition) is 0. The summed E-state index contributed by atoms with van der Waals surface area (Å²) in [6.45, 7) is 4.38. The molecule has 20 heavy (non-hydrogen) atoms. The van der Waals surface area contributed by atoms with E-state index in [4.69, 9.17) is 0 Å². The average Bonchev–Trinajstić information content (AvgIpc) is 2.49. The van der Waals surface area contributed by atoms with Crippen molar-refractivity contribution >= 4 is 5.69 Å². The SMILES string of the molecule is CC1CC[C](C2CCN(c3ccccc3F)CC2)CC1. The molecule has 0 atom stereocenters. The minimum atomic E-state index is -0.0786. The molecule has 1 radical (unpaired) electrons. The van der Waals surface area contributed by atoms with Gasteiger partial charge in [0, 0.05) is 13.1 Å². The molecule has 2 heteroatoms. The minimum Gasteiger partial charge on any atom is -0.369 e. The first-order chi connectivity index (χ1) is 9.74. The molecule has 2 fully saturated rings. The Balaban J connectivity index is 1.56. The monoisotopic (exact) mass is 274 g/mol. The number of hydrogen-bond acceptors (Lipinski definition) is 1. The molecule has 1 saturated carbocycles. The lowest BCUT2D eigenvalue weighted by molar-refractivity contribution is 0.315. The molecule has 1 saturated heterocycles. The van der Waals surface area contributed by atoms with Gasteiger partial charge in [0.05, 0.1) is 5.69 Å². The summed E-state index contributed by atoms with van der Waals surface area (Å²) in [5, 5.41) is 0. The summed E-state index contributed by atoms with van der Waals surface area (Å²) in [7, 11) is 0. The summed E-state index contributed by atoms with van der Waals surface area (Å²) in [5.41, 5.74) is 0.785. The molecule has 0 bridgehead atoms. The summed E-state index contributed by atoms with van der Waals surface area (Å²) in [4.78, 5) is 2.22. The van der Waals surface area contributed by atoms with Gasteiger partial charge in [0.1, 0.15) is 5.82 Å². The normalized spacial score (nSPS) is 23.2. The number of anilines is 1. The largest absolute Gasteiger partial charge is 0.369 e. The van der Waals surface area contributed by atoms with Crippen molar-refractivity contribution in [1.29, 1.82) is 0 Å². The van der Waals surface area contributed by atoms with Crippen molar-refractivity contribution in [1.82, 2.24) is 0 Å². The van der Waals surface area contributed by atoms with Crippen molar-refractivity contribution in [3.05, 3.63) is 36.0 Å². The van der Waals surface area contributed by atoms with E-state index in [9.17, 15) is 4.39 Å². The van der Waals surface area contributed by atoms with Crippen molar-refractivity contribution in [2.24, 2.45) is 11.8 Å². The molecule has 1 heterocycles. The molecule has 0 N–H and O–H groups in total. The minimum absolute atomic E-state index is 0.0786. The lowest BCUT2D eigenvalue weighted by Crippen LogP contribution is -2.36. The van der Waals surface area contributed by atoms with E-state index < -0.39 is 0 Å². The van der Waals surface area contributed by atoms with Crippen molar-refractivity contribution < 1.29 is 4.39 Å². The summed E-state index contributed by atoms with van der Waals surface area (Å²) < 4.78 is 13.8. The van der Waals surface area contributed by atoms with Crippen LogP contribution in [-0.4, -0.2) is 13.1 Å². The first-order valence-electron chi connectivity index (χ1n) is 8.08. The second-order valence-corrected chi connectivity index (χ2v) is 6.55. The van der Waals surface area contributed by atoms with Gasteiger partial charge in [-0.15, -0.1) is 0 Å². The molecule has 0 aromatic heterocycles. The fraction of sp³-hybridized carbons (Fsp3) is 0.611. The van der Waals surface area contributed by atoms with E-state index in [1.807, 2.05) is 12.1 Å². The van der Waals surface area contributed by atoms with Crippen LogP contribution in [-0.2, 0) is 0 Å². The summed E-state index contributed by atoms with van der Waals surface area (Å²) in [5.74, 6) is 3.43. The van der Waals surface area contributed by atoms with Crippen molar-refractivity contribution in [2.45, 2.75) is 45.4 Å². The molecule has 0 unspecified atom stereocenters. The molecule has 2 aliphatic rings. The second kappa shape index (κ2) is 6.15. The first-order valence-corrected chi connectivity index (χ1v) is 8.08. The maximum Gasteiger partial charge on any atom is 0.146 e. The van der Waals surface area contributed by atoms with Crippen molar-refractivity contribution in [3.63, 3.8) is 0 Å². The third kappa shape index (κ3) is 2.99. The van der Waals surface area contributed by atoms with E-state index in [0.29, 0.717) is 0 Å². The van der Waals surface area contributed by atoms with Crippen LogP contribution in [0, 0.1) is 23.6 Å². The molecular formula is C18H25FN. The van der Waals surface area contributed by atoms with Gasteiger partial charge in [-0.2, -0.15) is 0 Å². The van der Waals surface area contributed by atoms with Crippen LogP contribution in [0.2, 0.25) is 0 Å². The molecule has 1 aliphatic carbocycles. The van der Waals surface area contributed by atoms with E-state index in [1.165, 1.54) is 38.5 Å². The van der Waals surface area contributed by atoms with Crippen LogP contribution in [0.3, 0.4) is 0 Å². The van der Waals surface area contributed by atoms with Gasteiger partial charge in [-0.1, -0.05) is 31.9 Å². The van der Waals surface area contributed by atoms with E-state index in [-0.39, 0.29) is 5.82 Å². The summed E-state index contributed by atoms with van der Waals surface area (Å²) in [6.07, 6.45) is 7.85. The lowest BCUT2D eigenvalue weighted by Gasteiger charge is -2.39. The molecule has 0 spiro atoms. The third-order valence-electron chi connectivity index (χ3n) is 5.18. The number of nitrogens with zero attached hydrogens (tertiary/aromatic N) is 1. The van der Waals surface area contributed by atoms with Gasteiger partial charge in [0.2, 0.25) is 0 Å². The first kappa shape index (κ1) is 13.9. The van der Waals surface area contributed by atoms with Crippen LogP contribution < -0.4 is 4.90 Å². The number of para-hydroxylation sites is 1. The second-order valence-electron chi connectivity index (χ2n) is 6.55. The molecule has 1 aromatic carbocycles. The number of rotatable bonds is 2. The quantitative estimate of drug-likeness (QED) is 0.747. The maximum atomic E-state index is 13.8. The average molecular weight is 274 g/mol. The Morgan fingerprint density at radius 3 is 2.30 bits per heavy atom. The zero-order valence-corrected chi connectivity index (χ0v) is 12.4. The zero-order valence-electron chi connectivity index (χ0n) is 12.4. The van der Waals surface area contributed by atoms with Crippen LogP contribution in [0.4, 0.5) is 10.1 Å². The summed E-state index contributed by atoms with van der Waals surface area (Å²) >= 11 is 0. The molecule has 0 amide bonds. The van der Waals surface area contributed by atoms with E-state index >= 15 is 0 Å². The van der Waals surface area contributed by atoms with E-state index in [0.717, 1.165) is 30.6 Å². The summed E-state index contributed by atoms with van der Waals surface area (Å²) in [6, 6.07) is 7.18. The highest BCUT2D eigenvalue weighted by Crippen LogP contribution is 2.40. The van der Waals surface area contributed by atoms with E-state index in [1.54, 1.807) is 18.1 Å². The van der Waals surface area contributed by atoms with Gasteiger partial charge in [-0.25, -0.2) is 4.39 Å². The molecule has 1 aliphatic heterocycles. The van der Waals surface area contributed by atoms with Gasteiger partial charge in [0.15, 0.2) is 0 Å². The molecule has 109 valence electrons. The zero-order chi connectivity index (χ0) is 13.9. The highest BCUT2D eigenvalue weighted by atomic mass is 19.1. The Morgan fingerprint density at radius 1 is 1.00 bits per heavy atom. The number of halogens is 1. The number of benzene rings is 1. The molecule has 1 aromatic rings. The Morgan fingerprint density at radius 2 is 1.65 bits per heavy atom. The lowest BCUT2D eigenvalue weighted by atomic mass is 9.73. The van der Waals surface area contributed by atoms with Crippen molar-refractivity contribution in [3.8, 4) is 0 Å². The highest BCUT2D eigenvalue weighted by molar-refractivity contribution is 5.47. The molecular weight excluding hydrogens is 249 g/mol. The van der Waals surface area contributed by atoms with E-state index in [2.05, 4.69) is 11.8 Å². The fourth-order valence-corrected chi connectivity index (χ4v) is 3.78. The Bertz CT molecular complexity index is 429. The van der Waals surface area contributed by atoms with Gasteiger partial charge < -0.3 is 4.90 Å². The van der Waals surface area contributed by atoms with Gasteiger partial charge in [-0.05, 0) is 55.6 Å². The van der Waals surface area contributed by atoms with Gasteiger partial charge in [-0.3, -0.25) is 0 Å². The van der Waals surface area contributed by atoms with Crippen LogP contribution in [0.5, 0.6) is 0 Å². The Hall–Kier alpha value is -1.05. The predicted octanol–water partition coefficient (Wildman–Crippen LogP) is 4.83. The van der Waals surface area contributed by atoms with Crippen LogP contribution in [0.25, 0.3) is 0 Å². The van der Waals surface area contributed by atoms with Crippen LogP contribution >= 0.6 is 0 Å². The standard InChI is InChI=1S/C18H25FN/c1-14-6-8-15(9-7-14)16-10-12-20(13-11-16)18-5-3-2-4-17(18)19/h2-5,14,16H,6-13H2,1H3. The smallest absolute Gasteiger partial charge is 0.146 e. The third-order valence-corrected chi connectivity index (χ3v) is 5.18. The maximum absolute atomic E-state index is 13.8. The topological polar surface area (TPSA) is 3.24 Å². The molecule has 3 rings (SSSR count). The highest BCUT2D eigenvalue weighted by Gasteiger charge is 2.30. The Kier molecular flexibility index (Phi) is 4.28. The van der Waals surface area contributed by atoms with Crippen molar-refractivity contribution in [2.75, 3.05) is 18.0 Å². The van der Waals surface area contributed by atoms with Crippen LogP contribution in [0.15, 0.2) is 24.3 Å². The van der Waals surface area contributed by atoms with Gasteiger partial charge >= 0.3 is 0 Å². The number of piperidine rings is 1.